The third-order valence-corrected chi connectivity index (χ3v) is 3.15. The van der Waals surface area contributed by atoms with Gasteiger partial charge in [-0.1, -0.05) is 30.7 Å². The van der Waals surface area contributed by atoms with Gasteiger partial charge in [-0.15, -0.1) is 0 Å². The molecule has 0 aliphatic rings. The molecule has 0 saturated carbocycles. The first-order chi connectivity index (χ1) is 8.15. The number of ether oxygens (including phenoxy) is 1. The Morgan fingerprint density at radius 1 is 1.41 bits per heavy atom. The van der Waals surface area contributed by atoms with Crippen LogP contribution in [0, 0.1) is 5.92 Å². The number of benzene rings is 1. The van der Waals surface area contributed by atoms with Crippen molar-refractivity contribution in [1.29, 1.82) is 0 Å². The number of rotatable bonds is 7. The minimum Gasteiger partial charge on any atom is -0.384 e. The number of hydrogen-bond donors (Lipinski definition) is 1. The van der Waals surface area contributed by atoms with E-state index in [1.807, 2.05) is 25.2 Å². The van der Waals surface area contributed by atoms with Crippen LogP contribution in [-0.2, 0) is 11.2 Å². The second-order valence-electron chi connectivity index (χ2n) is 4.62. The first kappa shape index (κ1) is 14.5. The fraction of sp³-hybridized carbons (Fsp3) is 0.571. The molecule has 1 rings (SSSR count). The highest BCUT2D eigenvalue weighted by Crippen LogP contribution is 2.15. The molecule has 0 spiro atoms. The SMILES string of the molecule is CNC(Cc1cccc(Cl)c1)CC(C)COC. The second-order valence-corrected chi connectivity index (χ2v) is 5.05. The summed E-state index contributed by atoms with van der Waals surface area (Å²) in [7, 11) is 3.76. The molecular formula is C14H22ClNO. The van der Waals surface area contributed by atoms with E-state index in [0.717, 1.165) is 24.5 Å². The van der Waals surface area contributed by atoms with Crippen LogP contribution in [0.2, 0.25) is 5.02 Å². The largest absolute Gasteiger partial charge is 0.384 e. The average molecular weight is 256 g/mol. The van der Waals surface area contributed by atoms with Gasteiger partial charge in [0.05, 0.1) is 0 Å². The zero-order chi connectivity index (χ0) is 12.7. The summed E-state index contributed by atoms with van der Waals surface area (Å²) in [6, 6.07) is 8.54. The van der Waals surface area contributed by atoms with Crippen molar-refractivity contribution in [3.63, 3.8) is 0 Å². The van der Waals surface area contributed by atoms with Crippen LogP contribution >= 0.6 is 11.6 Å². The summed E-state index contributed by atoms with van der Waals surface area (Å²) in [5, 5.41) is 4.17. The van der Waals surface area contributed by atoms with E-state index in [4.69, 9.17) is 16.3 Å². The van der Waals surface area contributed by atoms with E-state index in [0.29, 0.717) is 12.0 Å². The summed E-state index contributed by atoms with van der Waals surface area (Å²) in [6.07, 6.45) is 2.11. The molecule has 0 aliphatic carbocycles. The maximum absolute atomic E-state index is 5.99. The molecule has 3 heteroatoms. The van der Waals surface area contributed by atoms with Crippen molar-refractivity contribution in [2.45, 2.75) is 25.8 Å². The van der Waals surface area contributed by atoms with E-state index in [1.54, 1.807) is 7.11 Å². The fourth-order valence-corrected chi connectivity index (χ4v) is 2.30. The van der Waals surface area contributed by atoms with Gasteiger partial charge in [0.15, 0.2) is 0 Å². The van der Waals surface area contributed by atoms with Gasteiger partial charge in [-0.05, 0) is 43.5 Å². The lowest BCUT2D eigenvalue weighted by molar-refractivity contribution is 0.150. The van der Waals surface area contributed by atoms with E-state index in [-0.39, 0.29) is 0 Å². The highest BCUT2D eigenvalue weighted by Gasteiger charge is 2.12. The van der Waals surface area contributed by atoms with Gasteiger partial charge in [-0.2, -0.15) is 0 Å². The summed E-state index contributed by atoms with van der Waals surface area (Å²) in [5.74, 6) is 0.566. The summed E-state index contributed by atoms with van der Waals surface area (Å²) >= 11 is 5.99. The van der Waals surface area contributed by atoms with Crippen LogP contribution in [0.4, 0.5) is 0 Å². The van der Waals surface area contributed by atoms with Crippen LogP contribution in [0.3, 0.4) is 0 Å². The van der Waals surface area contributed by atoms with Gasteiger partial charge < -0.3 is 10.1 Å². The first-order valence-electron chi connectivity index (χ1n) is 6.06. The van der Waals surface area contributed by atoms with Crippen LogP contribution in [0.1, 0.15) is 18.9 Å². The normalized spacial score (nSPS) is 14.6. The van der Waals surface area contributed by atoms with E-state index in [9.17, 15) is 0 Å². The number of likely N-dealkylation sites (N-methyl/N-ethyl adjacent to an activating group) is 1. The Kier molecular flexibility index (Phi) is 6.56. The van der Waals surface area contributed by atoms with Crippen LogP contribution in [0.15, 0.2) is 24.3 Å². The van der Waals surface area contributed by atoms with Crippen molar-refractivity contribution in [2.75, 3.05) is 20.8 Å². The van der Waals surface area contributed by atoms with Crippen LogP contribution in [0.5, 0.6) is 0 Å². The van der Waals surface area contributed by atoms with Gasteiger partial charge >= 0.3 is 0 Å². The maximum Gasteiger partial charge on any atom is 0.0488 e. The lowest BCUT2D eigenvalue weighted by Gasteiger charge is -2.20. The molecule has 96 valence electrons. The monoisotopic (exact) mass is 255 g/mol. The lowest BCUT2D eigenvalue weighted by Crippen LogP contribution is -2.30. The Hall–Kier alpha value is -0.570. The van der Waals surface area contributed by atoms with Gasteiger partial charge in [-0.3, -0.25) is 0 Å². The predicted molar refractivity (Wildman–Crippen MR) is 73.7 cm³/mol. The van der Waals surface area contributed by atoms with Crippen LogP contribution in [-0.4, -0.2) is 26.8 Å². The van der Waals surface area contributed by atoms with Gasteiger partial charge in [0.1, 0.15) is 0 Å². The number of hydrogen-bond acceptors (Lipinski definition) is 2. The summed E-state index contributed by atoms with van der Waals surface area (Å²) in [5.41, 5.74) is 1.28. The molecule has 1 N–H and O–H groups in total. The highest BCUT2D eigenvalue weighted by molar-refractivity contribution is 6.30. The molecule has 2 unspecified atom stereocenters. The molecule has 1 aromatic rings. The van der Waals surface area contributed by atoms with E-state index in [2.05, 4.69) is 18.3 Å². The highest BCUT2D eigenvalue weighted by atomic mass is 35.5. The molecule has 0 heterocycles. The number of methoxy groups -OCH3 is 1. The average Bonchev–Trinajstić information content (AvgIpc) is 2.28. The van der Waals surface area contributed by atoms with Crippen molar-refractivity contribution >= 4 is 11.6 Å². The molecule has 2 nitrogen and oxygen atoms in total. The number of nitrogens with one attached hydrogen (secondary N) is 1. The van der Waals surface area contributed by atoms with Crippen molar-refractivity contribution in [2.24, 2.45) is 5.92 Å². The first-order valence-corrected chi connectivity index (χ1v) is 6.44. The lowest BCUT2D eigenvalue weighted by atomic mass is 9.97. The van der Waals surface area contributed by atoms with Gasteiger partial charge in [0.25, 0.3) is 0 Å². The summed E-state index contributed by atoms with van der Waals surface area (Å²) in [6.45, 7) is 3.03. The molecule has 0 saturated heterocycles. The molecule has 2 atom stereocenters. The van der Waals surface area contributed by atoms with Crippen molar-refractivity contribution in [3.05, 3.63) is 34.9 Å². The maximum atomic E-state index is 5.99. The zero-order valence-electron chi connectivity index (χ0n) is 10.9. The Balaban J connectivity index is 2.51. The minimum atomic E-state index is 0.471. The van der Waals surface area contributed by atoms with Gasteiger partial charge in [0, 0.05) is 24.8 Å². The van der Waals surface area contributed by atoms with Crippen molar-refractivity contribution < 1.29 is 4.74 Å². The quantitative estimate of drug-likeness (QED) is 0.808. The minimum absolute atomic E-state index is 0.471. The molecule has 1 aromatic carbocycles. The van der Waals surface area contributed by atoms with Gasteiger partial charge in [-0.25, -0.2) is 0 Å². The van der Waals surface area contributed by atoms with Crippen LogP contribution < -0.4 is 5.32 Å². The third kappa shape index (κ3) is 5.53. The summed E-state index contributed by atoms with van der Waals surface area (Å²) in [4.78, 5) is 0. The Labute approximate surface area is 109 Å². The molecular weight excluding hydrogens is 234 g/mol. The third-order valence-electron chi connectivity index (χ3n) is 2.92. The van der Waals surface area contributed by atoms with E-state index >= 15 is 0 Å². The molecule has 0 fully saturated rings. The standard InChI is InChI=1S/C14H22ClNO/c1-11(10-17-3)7-14(16-2)9-12-5-4-6-13(15)8-12/h4-6,8,11,14,16H,7,9-10H2,1-3H3. The molecule has 0 bridgehead atoms. The topological polar surface area (TPSA) is 21.3 Å². The number of halogens is 1. The van der Waals surface area contributed by atoms with Crippen molar-refractivity contribution in [3.8, 4) is 0 Å². The molecule has 17 heavy (non-hydrogen) atoms. The Morgan fingerprint density at radius 3 is 2.76 bits per heavy atom. The van der Waals surface area contributed by atoms with E-state index < -0.39 is 0 Å². The molecule has 0 aromatic heterocycles. The van der Waals surface area contributed by atoms with Crippen LogP contribution in [0.25, 0.3) is 0 Å². The smallest absolute Gasteiger partial charge is 0.0488 e. The fourth-order valence-electron chi connectivity index (χ4n) is 2.09. The predicted octanol–water partition coefficient (Wildman–Crippen LogP) is 3.14. The molecule has 0 radical (unpaired) electrons. The molecule has 0 aliphatic heterocycles. The Bertz CT molecular complexity index is 330. The summed E-state index contributed by atoms with van der Waals surface area (Å²) < 4.78 is 5.17. The molecule has 0 amide bonds. The zero-order valence-corrected chi connectivity index (χ0v) is 11.6. The second kappa shape index (κ2) is 7.70. The van der Waals surface area contributed by atoms with E-state index in [1.165, 1.54) is 5.56 Å². The van der Waals surface area contributed by atoms with Gasteiger partial charge in [0.2, 0.25) is 0 Å². The van der Waals surface area contributed by atoms with Crippen molar-refractivity contribution in [1.82, 2.24) is 5.32 Å². The Morgan fingerprint density at radius 2 is 2.18 bits per heavy atom.